The first-order valence-electron chi connectivity index (χ1n) is 10.0. The maximum Gasteiger partial charge on any atom is 0.244 e. The Morgan fingerprint density at radius 2 is 1.84 bits per heavy atom. The third kappa shape index (κ3) is 6.65. The first-order chi connectivity index (χ1) is 14.7. The summed E-state index contributed by atoms with van der Waals surface area (Å²) in [5.74, 6) is -0.0234. The summed E-state index contributed by atoms with van der Waals surface area (Å²) >= 11 is 0. The lowest BCUT2D eigenvalue weighted by Crippen LogP contribution is -2.33. The van der Waals surface area contributed by atoms with E-state index in [2.05, 4.69) is 46.1 Å². The van der Waals surface area contributed by atoms with Crippen LogP contribution in [0.4, 0.5) is 0 Å². The minimum Gasteiger partial charge on any atom is -0.495 e. The number of nitrogens with zero attached hydrogens (tertiary/aromatic N) is 1. The van der Waals surface area contributed by atoms with E-state index in [-0.39, 0.29) is 22.6 Å². The number of hydrogen-bond acceptors (Lipinski definition) is 5. The third-order valence-electron chi connectivity index (χ3n) is 5.04. The fraction of sp³-hybridized carbons (Fsp3) is 0.348. The van der Waals surface area contributed by atoms with Gasteiger partial charge in [-0.1, -0.05) is 37.3 Å². The lowest BCUT2D eigenvalue weighted by atomic mass is 10.0. The number of aryl methyl sites for hydroxylation is 1. The molecule has 8 heteroatoms. The molecule has 2 rings (SSSR count). The summed E-state index contributed by atoms with van der Waals surface area (Å²) in [5.41, 5.74) is 2.97. The summed E-state index contributed by atoms with van der Waals surface area (Å²) in [4.78, 5) is 14.4. The van der Waals surface area contributed by atoms with Gasteiger partial charge in [-0.2, -0.15) is 0 Å². The van der Waals surface area contributed by atoms with E-state index in [1.165, 1.54) is 31.9 Å². The Labute approximate surface area is 185 Å². The van der Waals surface area contributed by atoms with E-state index in [1.807, 2.05) is 14.1 Å². The number of nitrogens with one attached hydrogen (secondary N) is 2. The Morgan fingerprint density at radius 1 is 1.16 bits per heavy atom. The molecule has 7 nitrogen and oxygen atoms in total. The standard InChI is InChI=1S/C23H31N3O4S/c1-6-17-7-11-19(12-8-17)20(26(3)4)16-25-23(27)14-10-18-9-13-21(30-5)22(15-18)31(28,29)24-2/h7-15,20,24H,6,16H2,1-5H3,(H,25,27). The van der Waals surface area contributed by atoms with E-state index in [1.54, 1.807) is 18.2 Å². The van der Waals surface area contributed by atoms with Crippen LogP contribution in [0.1, 0.15) is 29.7 Å². The van der Waals surface area contributed by atoms with E-state index in [9.17, 15) is 13.2 Å². The Kier molecular flexibility index (Phi) is 8.79. The van der Waals surface area contributed by atoms with Crippen molar-refractivity contribution in [1.29, 1.82) is 0 Å². The highest BCUT2D eigenvalue weighted by molar-refractivity contribution is 7.89. The molecule has 31 heavy (non-hydrogen) atoms. The number of carbonyl (C=O) groups excluding carboxylic acids is 1. The molecule has 0 fully saturated rings. The number of methoxy groups -OCH3 is 1. The highest BCUT2D eigenvalue weighted by Gasteiger charge is 2.18. The van der Waals surface area contributed by atoms with Gasteiger partial charge in [0.15, 0.2) is 0 Å². The van der Waals surface area contributed by atoms with Gasteiger partial charge in [-0.25, -0.2) is 13.1 Å². The lowest BCUT2D eigenvalue weighted by Gasteiger charge is -2.25. The zero-order valence-electron chi connectivity index (χ0n) is 18.7. The topological polar surface area (TPSA) is 87.7 Å². The molecule has 0 saturated heterocycles. The summed E-state index contributed by atoms with van der Waals surface area (Å²) < 4.78 is 31.8. The van der Waals surface area contributed by atoms with E-state index < -0.39 is 10.0 Å². The van der Waals surface area contributed by atoms with Gasteiger partial charge in [-0.15, -0.1) is 0 Å². The molecule has 2 aromatic carbocycles. The van der Waals surface area contributed by atoms with Crippen LogP contribution in [0.25, 0.3) is 6.08 Å². The van der Waals surface area contributed by atoms with E-state index >= 15 is 0 Å². The molecule has 0 saturated carbocycles. The molecule has 2 N–H and O–H groups in total. The van der Waals surface area contributed by atoms with Gasteiger partial charge in [-0.05, 0) is 62.5 Å². The van der Waals surface area contributed by atoms with Crippen LogP contribution in [-0.4, -0.2) is 54.0 Å². The monoisotopic (exact) mass is 445 g/mol. The molecular weight excluding hydrogens is 414 g/mol. The molecule has 1 atom stereocenters. The van der Waals surface area contributed by atoms with Crippen molar-refractivity contribution in [2.45, 2.75) is 24.3 Å². The number of sulfonamides is 1. The largest absolute Gasteiger partial charge is 0.495 e. The smallest absolute Gasteiger partial charge is 0.244 e. The average molecular weight is 446 g/mol. The van der Waals surface area contributed by atoms with Crippen LogP contribution in [-0.2, 0) is 21.2 Å². The molecule has 0 aliphatic rings. The Bertz CT molecular complexity index is 1020. The fourth-order valence-corrected chi connectivity index (χ4v) is 4.05. The molecule has 0 aliphatic heterocycles. The number of ether oxygens (including phenoxy) is 1. The van der Waals surface area contributed by atoms with Crippen LogP contribution >= 0.6 is 0 Å². The van der Waals surface area contributed by atoms with Crippen LogP contribution in [0.3, 0.4) is 0 Å². The normalized spacial score (nSPS) is 12.8. The zero-order chi connectivity index (χ0) is 23.0. The molecule has 0 radical (unpaired) electrons. The molecule has 0 aromatic heterocycles. The SMILES string of the molecule is CCc1ccc(C(CNC(=O)C=Cc2ccc(OC)c(S(=O)(=O)NC)c2)N(C)C)cc1. The van der Waals surface area contributed by atoms with Gasteiger partial charge >= 0.3 is 0 Å². The van der Waals surface area contributed by atoms with E-state index in [4.69, 9.17) is 4.74 Å². The Balaban J connectivity index is 2.09. The Hall–Kier alpha value is -2.68. The Morgan fingerprint density at radius 3 is 2.39 bits per heavy atom. The van der Waals surface area contributed by atoms with Gasteiger partial charge in [0.25, 0.3) is 0 Å². The van der Waals surface area contributed by atoms with Crippen molar-refractivity contribution in [2.24, 2.45) is 0 Å². The van der Waals surface area contributed by atoms with Crippen LogP contribution in [0.15, 0.2) is 53.4 Å². The van der Waals surface area contributed by atoms with Crippen molar-refractivity contribution in [2.75, 3.05) is 34.8 Å². The summed E-state index contributed by atoms with van der Waals surface area (Å²) in [6.07, 6.45) is 3.95. The molecule has 0 spiro atoms. The highest BCUT2D eigenvalue weighted by Crippen LogP contribution is 2.25. The van der Waals surface area contributed by atoms with Crippen molar-refractivity contribution in [3.63, 3.8) is 0 Å². The predicted octanol–water partition coefficient (Wildman–Crippen LogP) is 2.60. The summed E-state index contributed by atoms with van der Waals surface area (Å²) in [6, 6.07) is 13.1. The van der Waals surface area contributed by atoms with Crippen LogP contribution in [0.2, 0.25) is 0 Å². The molecule has 2 aromatic rings. The first-order valence-corrected chi connectivity index (χ1v) is 11.5. The number of likely N-dealkylation sites (N-methyl/N-ethyl adjacent to an activating group) is 1. The number of hydrogen-bond donors (Lipinski definition) is 2. The van der Waals surface area contributed by atoms with Crippen molar-refractivity contribution in [3.05, 3.63) is 65.2 Å². The van der Waals surface area contributed by atoms with Crippen molar-refractivity contribution >= 4 is 22.0 Å². The summed E-state index contributed by atoms with van der Waals surface area (Å²) in [6.45, 7) is 2.56. The minimum absolute atomic E-state index is 0.0169. The maximum atomic E-state index is 12.4. The maximum absolute atomic E-state index is 12.4. The second-order valence-electron chi connectivity index (χ2n) is 7.27. The average Bonchev–Trinajstić information content (AvgIpc) is 2.77. The fourth-order valence-electron chi connectivity index (χ4n) is 3.12. The van der Waals surface area contributed by atoms with Crippen molar-refractivity contribution in [3.8, 4) is 5.75 Å². The van der Waals surface area contributed by atoms with Crippen molar-refractivity contribution in [1.82, 2.24) is 14.9 Å². The van der Waals surface area contributed by atoms with Gasteiger partial charge in [0.1, 0.15) is 10.6 Å². The molecule has 0 bridgehead atoms. The molecular formula is C23H31N3O4S. The molecule has 0 heterocycles. The number of rotatable bonds is 10. The summed E-state index contributed by atoms with van der Waals surface area (Å²) in [5, 5.41) is 2.92. The lowest BCUT2D eigenvalue weighted by molar-refractivity contribution is -0.116. The first kappa shape index (κ1) is 24.6. The molecule has 1 unspecified atom stereocenters. The van der Waals surface area contributed by atoms with Gasteiger partial charge in [-0.3, -0.25) is 4.79 Å². The second kappa shape index (κ2) is 11.1. The van der Waals surface area contributed by atoms with Crippen LogP contribution in [0.5, 0.6) is 5.75 Å². The third-order valence-corrected chi connectivity index (χ3v) is 6.47. The van der Waals surface area contributed by atoms with Gasteiger partial charge in [0.05, 0.1) is 13.2 Å². The molecule has 168 valence electrons. The van der Waals surface area contributed by atoms with Crippen LogP contribution < -0.4 is 14.8 Å². The second-order valence-corrected chi connectivity index (χ2v) is 9.13. The molecule has 1 amide bonds. The number of benzene rings is 2. The highest BCUT2D eigenvalue weighted by atomic mass is 32.2. The van der Waals surface area contributed by atoms with Crippen LogP contribution in [0, 0.1) is 0 Å². The number of amides is 1. The minimum atomic E-state index is -3.68. The van der Waals surface area contributed by atoms with E-state index in [0.717, 1.165) is 12.0 Å². The van der Waals surface area contributed by atoms with Gasteiger partial charge < -0.3 is 15.0 Å². The van der Waals surface area contributed by atoms with Gasteiger partial charge in [0.2, 0.25) is 15.9 Å². The number of carbonyl (C=O) groups is 1. The van der Waals surface area contributed by atoms with Gasteiger partial charge in [0, 0.05) is 12.6 Å². The zero-order valence-corrected chi connectivity index (χ0v) is 19.5. The predicted molar refractivity (Wildman–Crippen MR) is 124 cm³/mol. The summed E-state index contributed by atoms with van der Waals surface area (Å²) in [7, 11) is 3.01. The quantitative estimate of drug-likeness (QED) is 0.549. The van der Waals surface area contributed by atoms with Crippen molar-refractivity contribution < 1.29 is 17.9 Å². The van der Waals surface area contributed by atoms with E-state index in [0.29, 0.717) is 12.1 Å². The molecule has 0 aliphatic carbocycles.